The zero-order valence-corrected chi connectivity index (χ0v) is 9.13. The molecule has 1 unspecified atom stereocenters. The molecular formula is C11H12ClFO2. The van der Waals surface area contributed by atoms with Crippen LogP contribution < -0.4 is 0 Å². The van der Waals surface area contributed by atoms with Gasteiger partial charge in [0.2, 0.25) is 0 Å². The van der Waals surface area contributed by atoms with Crippen LogP contribution >= 0.6 is 11.6 Å². The number of ether oxygens (including phenoxy) is 1. The topological polar surface area (TPSA) is 26.3 Å². The van der Waals surface area contributed by atoms with E-state index in [0.29, 0.717) is 12.2 Å². The van der Waals surface area contributed by atoms with E-state index < -0.39 is 5.82 Å². The quantitative estimate of drug-likeness (QED) is 0.727. The van der Waals surface area contributed by atoms with Crippen LogP contribution in [-0.4, -0.2) is 12.9 Å². The van der Waals surface area contributed by atoms with Crippen LogP contribution in [0, 0.1) is 5.82 Å². The Morgan fingerprint density at radius 3 is 2.87 bits per heavy atom. The van der Waals surface area contributed by atoms with E-state index in [1.807, 2.05) is 6.92 Å². The highest BCUT2D eigenvalue weighted by molar-refractivity contribution is 6.31. The van der Waals surface area contributed by atoms with Crippen LogP contribution in [0.3, 0.4) is 0 Å². The molecular weight excluding hydrogens is 219 g/mol. The molecule has 0 aromatic heterocycles. The second-order valence-electron chi connectivity index (χ2n) is 3.01. The van der Waals surface area contributed by atoms with Crippen LogP contribution in [0.15, 0.2) is 18.2 Å². The first-order chi connectivity index (χ1) is 7.19. The summed E-state index contributed by atoms with van der Waals surface area (Å²) in [6.07, 6.45) is 0.597. The molecule has 4 heteroatoms. The number of carbonyl (C=O) groups is 1. The Morgan fingerprint density at radius 1 is 1.60 bits per heavy atom. The number of carbonyl (C=O) groups excluding carboxylic acids is 1. The lowest BCUT2D eigenvalue weighted by Crippen LogP contribution is -2.05. The molecule has 82 valence electrons. The lowest BCUT2D eigenvalue weighted by Gasteiger charge is -2.16. The first kappa shape index (κ1) is 12.1. The van der Waals surface area contributed by atoms with Gasteiger partial charge in [-0.05, 0) is 19.1 Å². The van der Waals surface area contributed by atoms with Crippen molar-refractivity contribution in [3.63, 3.8) is 0 Å². The molecule has 0 N–H and O–H groups in total. The minimum absolute atomic E-state index is 0.221. The number of hydrogen-bond acceptors (Lipinski definition) is 2. The first-order valence-electron chi connectivity index (χ1n) is 4.69. The first-order valence-corrected chi connectivity index (χ1v) is 5.07. The van der Waals surface area contributed by atoms with Gasteiger partial charge < -0.3 is 9.53 Å². The van der Waals surface area contributed by atoms with Gasteiger partial charge in [0.25, 0.3) is 0 Å². The van der Waals surface area contributed by atoms with Crippen LogP contribution in [0.4, 0.5) is 4.39 Å². The molecule has 0 fully saturated rings. The minimum atomic E-state index is -0.398. The molecule has 0 radical (unpaired) electrons. The maximum Gasteiger partial charge on any atom is 0.124 e. The molecule has 0 spiro atoms. The van der Waals surface area contributed by atoms with Crippen molar-refractivity contribution >= 4 is 17.9 Å². The summed E-state index contributed by atoms with van der Waals surface area (Å²) in [6.45, 7) is 2.31. The van der Waals surface area contributed by atoms with Gasteiger partial charge in [-0.3, -0.25) is 0 Å². The average Bonchev–Trinajstić information content (AvgIpc) is 2.17. The number of aldehydes is 1. The van der Waals surface area contributed by atoms with Crippen molar-refractivity contribution in [3.05, 3.63) is 34.6 Å². The van der Waals surface area contributed by atoms with Crippen molar-refractivity contribution in [3.8, 4) is 0 Å². The van der Waals surface area contributed by atoms with E-state index >= 15 is 0 Å². The van der Waals surface area contributed by atoms with Gasteiger partial charge in [-0.2, -0.15) is 0 Å². The predicted molar refractivity (Wildman–Crippen MR) is 56.5 cm³/mol. The fraction of sp³-hybridized carbons (Fsp3) is 0.364. The van der Waals surface area contributed by atoms with Crippen LogP contribution in [0.2, 0.25) is 5.02 Å². The highest BCUT2D eigenvalue weighted by atomic mass is 35.5. The minimum Gasteiger partial charge on any atom is -0.373 e. The molecule has 0 amide bonds. The van der Waals surface area contributed by atoms with Crippen molar-refractivity contribution in [2.24, 2.45) is 0 Å². The number of hydrogen-bond donors (Lipinski definition) is 0. The summed E-state index contributed by atoms with van der Waals surface area (Å²) in [4.78, 5) is 10.4. The second kappa shape index (κ2) is 5.83. The maximum atomic E-state index is 12.8. The molecule has 0 saturated heterocycles. The number of benzene rings is 1. The summed E-state index contributed by atoms with van der Waals surface area (Å²) < 4.78 is 18.1. The fourth-order valence-corrected chi connectivity index (χ4v) is 1.62. The van der Waals surface area contributed by atoms with E-state index in [0.717, 1.165) is 6.29 Å². The van der Waals surface area contributed by atoms with E-state index in [2.05, 4.69) is 0 Å². The Morgan fingerprint density at radius 2 is 2.33 bits per heavy atom. The third-order valence-electron chi connectivity index (χ3n) is 1.99. The highest BCUT2D eigenvalue weighted by Gasteiger charge is 2.14. The molecule has 0 heterocycles. The van der Waals surface area contributed by atoms with Gasteiger partial charge in [0.15, 0.2) is 0 Å². The zero-order valence-electron chi connectivity index (χ0n) is 8.37. The molecule has 1 rings (SSSR count). The maximum absolute atomic E-state index is 12.8. The Bertz CT molecular complexity index is 341. The Balaban J connectivity index is 2.94. The van der Waals surface area contributed by atoms with Gasteiger partial charge in [-0.25, -0.2) is 4.39 Å². The Labute approximate surface area is 93.0 Å². The van der Waals surface area contributed by atoms with Crippen molar-refractivity contribution in [2.45, 2.75) is 19.4 Å². The molecule has 1 atom stereocenters. The predicted octanol–water partition coefficient (Wildman–Crippen LogP) is 3.15. The summed E-state index contributed by atoms with van der Waals surface area (Å²) >= 11 is 5.86. The van der Waals surface area contributed by atoms with E-state index in [9.17, 15) is 9.18 Å². The molecule has 1 aromatic rings. The van der Waals surface area contributed by atoms with Gasteiger partial charge >= 0.3 is 0 Å². The van der Waals surface area contributed by atoms with Crippen LogP contribution in [0.25, 0.3) is 0 Å². The van der Waals surface area contributed by atoms with E-state index in [1.54, 1.807) is 6.07 Å². The van der Waals surface area contributed by atoms with E-state index in [4.69, 9.17) is 16.3 Å². The molecule has 0 aliphatic rings. The lowest BCUT2D eigenvalue weighted by atomic mass is 10.1. The van der Waals surface area contributed by atoms with Crippen molar-refractivity contribution in [1.29, 1.82) is 0 Å². The Hall–Kier alpha value is -0.930. The standard InChI is InChI=1S/C11H12ClFO2/c1-2-15-11(5-6-14)9-4-3-8(13)7-10(9)12/h3-4,6-7,11H,2,5H2,1H3. The van der Waals surface area contributed by atoms with Crippen LogP contribution in [0.5, 0.6) is 0 Å². The van der Waals surface area contributed by atoms with Gasteiger partial charge in [0, 0.05) is 23.6 Å². The summed E-state index contributed by atoms with van der Waals surface area (Å²) in [5.41, 5.74) is 0.645. The van der Waals surface area contributed by atoms with Crippen molar-refractivity contribution in [1.82, 2.24) is 0 Å². The second-order valence-corrected chi connectivity index (χ2v) is 3.42. The molecule has 2 nitrogen and oxygen atoms in total. The summed E-state index contributed by atoms with van der Waals surface area (Å²) in [5.74, 6) is -0.398. The van der Waals surface area contributed by atoms with Gasteiger partial charge in [-0.1, -0.05) is 17.7 Å². The summed E-state index contributed by atoms with van der Waals surface area (Å²) in [6, 6.07) is 4.06. The SMILES string of the molecule is CCOC(CC=O)c1ccc(F)cc1Cl. The van der Waals surface area contributed by atoms with Crippen LogP contribution in [-0.2, 0) is 9.53 Å². The fourth-order valence-electron chi connectivity index (χ4n) is 1.34. The molecule has 15 heavy (non-hydrogen) atoms. The molecule has 0 aliphatic carbocycles. The van der Waals surface area contributed by atoms with Crippen molar-refractivity contribution < 1.29 is 13.9 Å². The highest BCUT2D eigenvalue weighted by Crippen LogP contribution is 2.28. The zero-order chi connectivity index (χ0) is 11.3. The molecule has 1 aromatic carbocycles. The van der Waals surface area contributed by atoms with Gasteiger partial charge in [-0.15, -0.1) is 0 Å². The summed E-state index contributed by atoms with van der Waals surface area (Å²) in [5, 5.41) is 0.287. The van der Waals surface area contributed by atoms with Crippen molar-refractivity contribution in [2.75, 3.05) is 6.61 Å². The van der Waals surface area contributed by atoms with Gasteiger partial charge in [0.1, 0.15) is 12.1 Å². The monoisotopic (exact) mass is 230 g/mol. The Kier molecular flexibility index (Phi) is 4.72. The van der Waals surface area contributed by atoms with Crippen LogP contribution in [0.1, 0.15) is 25.0 Å². The third kappa shape index (κ3) is 3.29. The third-order valence-corrected chi connectivity index (χ3v) is 2.31. The van der Waals surface area contributed by atoms with Gasteiger partial charge in [0.05, 0.1) is 6.10 Å². The smallest absolute Gasteiger partial charge is 0.124 e. The average molecular weight is 231 g/mol. The summed E-state index contributed by atoms with van der Waals surface area (Å²) in [7, 11) is 0. The number of halogens is 2. The normalized spacial score (nSPS) is 12.5. The van der Waals surface area contributed by atoms with E-state index in [1.165, 1.54) is 12.1 Å². The molecule has 0 aliphatic heterocycles. The number of rotatable bonds is 5. The van der Waals surface area contributed by atoms with E-state index in [-0.39, 0.29) is 17.5 Å². The lowest BCUT2D eigenvalue weighted by molar-refractivity contribution is -0.110. The molecule has 0 bridgehead atoms. The largest absolute Gasteiger partial charge is 0.373 e. The molecule has 0 saturated carbocycles.